The van der Waals surface area contributed by atoms with Gasteiger partial charge in [-0.1, -0.05) is 35.3 Å². The number of amides is 1. The number of aromatic amines is 1. The van der Waals surface area contributed by atoms with Crippen LogP contribution in [0.3, 0.4) is 0 Å². The maximum Gasteiger partial charge on any atom is 0.226 e. The molecule has 1 aliphatic carbocycles. The lowest BCUT2D eigenvalue weighted by molar-refractivity contribution is -0.133. The van der Waals surface area contributed by atoms with Crippen molar-refractivity contribution in [2.45, 2.75) is 57.6 Å². The van der Waals surface area contributed by atoms with Crippen LogP contribution in [0.2, 0.25) is 10.0 Å². The van der Waals surface area contributed by atoms with Gasteiger partial charge in [0.2, 0.25) is 5.91 Å². The first-order valence-electron chi connectivity index (χ1n) is 13.3. The number of likely N-dealkylation sites (tertiary alicyclic amines) is 1. The highest BCUT2D eigenvalue weighted by Crippen LogP contribution is 2.43. The third-order valence-corrected chi connectivity index (χ3v) is 8.70. The molecule has 2 aromatic carbocycles. The molecule has 2 aromatic heterocycles. The lowest BCUT2D eigenvalue weighted by atomic mass is 9.93. The van der Waals surface area contributed by atoms with E-state index in [-0.39, 0.29) is 40.4 Å². The second-order valence-corrected chi connectivity index (χ2v) is 11.3. The number of aromatic nitrogens is 2. The predicted molar refractivity (Wildman–Crippen MR) is 150 cm³/mol. The van der Waals surface area contributed by atoms with Crippen LogP contribution in [0.5, 0.6) is 0 Å². The molecule has 4 aromatic rings. The number of aryl methyl sites for hydroxylation is 1. The summed E-state index contributed by atoms with van der Waals surface area (Å²) in [5, 5.41) is 21.7. The Kier molecular flexibility index (Phi) is 6.74. The lowest BCUT2D eigenvalue weighted by Crippen LogP contribution is -2.31. The minimum Gasteiger partial charge on any atom is -0.387 e. The zero-order valence-corrected chi connectivity index (χ0v) is 22.9. The minimum atomic E-state index is -0.954. The number of H-pyrrole nitrogens is 1. The minimum absolute atomic E-state index is 0.0934. The molecule has 1 saturated carbocycles. The second-order valence-electron chi connectivity index (χ2n) is 10.5. The van der Waals surface area contributed by atoms with E-state index in [0.29, 0.717) is 51.1 Å². The molecular formula is C30H27Cl2FN4O2. The standard InChI is InChI=1S/C30H27Cl2FN4O2/c1-15(38)27-20-14-22(23-8-4-12-37(23)30(39)16-9-10-16)35-28(20)19-13-17(5-3-11-34)24(26(33)29(19)36-27)18-6-2-7-21(31)25(18)32/h2,6-7,13-16,23,35,38H,3-5,8-10,12H2,1H3. The van der Waals surface area contributed by atoms with Crippen LogP contribution >= 0.6 is 23.2 Å². The Hall–Kier alpha value is -3.18. The number of nitrogens with zero attached hydrogens (tertiary/aromatic N) is 3. The normalized spacial score (nSPS) is 18.2. The maximum absolute atomic E-state index is 16.5. The summed E-state index contributed by atoms with van der Waals surface area (Å²) < 4.78 is 16.5. The first kappa shape index (κ1) is 26.1. The van der Waals surface area contributed by atoms with Gasteiger partial charge in [0.25, 0.3) is 0 Å². The molecule has 200 valence electrons. The number of carbonyl (C=O) groups excluding carboxylic acids is 1. The fourth-order valence-electron chi connectivity index (χ4n) is 5.86. The van der Waals surface area contributed by atoms with Crippen LogP contribution in [0.15, 0.2) is 30.3 Å². The van der Waals surface area contributed by atoms with Crippen molar-refractivity contribution in [3.05, 3.63) is 63.1 Å². The summed E-state index contributed by atoms with van der Waals surface area (Å²) in [5.41, 5.74) is 3.23. The van der Waals surface area contributed by atoms with E-state index in [0.717, 1.165) is 31.4 Å². The molecule has 9 heteroatoms. The van der Waals surface area contributed by atoms with Gasteiger partial charge in [0.15, 0.2) is 5.82 Å². The largest absolute Gasteiger partial charge is 0.387 e. The number of rotatable bonds is 6. The molecule has 2 aliphatic rings. The number of aliphatic hydroxyl groups excluding tert-OH is 1. The van der Waals surface area contributed by atoms with Gasteiger partial charge < -0.3 is 15.0 Å². The molecule has 0 bridgehead atoms. The first-order valence-corrected chi connectivity index (χ1v) is 14.0. The number of benzene rings is 2. The molecule has 1 amide bonds. The molecule has 2 atom stereocenters. The van der Waals surface area contributed by atoms with Gasteiger partial charge in [-0.2, -0.15) is 5.26 Å². The third kappa shape index (κ3) is 4.45. The van der Waals surface area contributed by atoms with Crippen molar-refractivity contribution in [2.24, 2.45) is 5.92 Å². The molecule has 1 saturated heterocycles. The van der Waals surface area contributed by atoms with Crippen LogP contribution in [-0.2, 0) is 11.2 Å². The van der Waals surface area contributed by atoms with E-state index in [1.807, 2.05) is 17.0 Å². The Balaban J connectivity index is 1.60. The van der Waals surface area contributed by atoms with Crippen LogP contribution in [0.4, 0.5) is 4.39 Å². The lowest BCUT2D eigenvalue weighted by Gasteiger charge is -2.24. The van der Waals surface area contributed by atoms with Crippen molar-refractivity contribution in [1.29, 1.82) is 5.26 Å². The van der Waals surface area contributed by atoms with Crippen molar-refractivity contribution >= 4 is 50.9 Å². The van der Waals surface area contributed by atoms with Gasteiger partial charge in [0.05, 0.1) is 39.5 Å². The fourth-order valence-corrected chi connectivity index (χ4v) is 6.25. The Morgan fingerprint density at radius 3 is 2.79 bits per heavy atom. The number of nitriles is 1. The summed E-state index contributed by atoms with van der Waals surface area (Å²) in [6.07, 6.45) is 3.18. The van der Waals surface area contributed by atoms with Gasteiger partial charge in [0, 0.05) is 46.5 Å². The van der Waals surface area contributed by atoms with E-state index < -0.39 is 11.9 Å². The number of fused-ring (bicyclic) bond motifs is 3. The first-order chi connectivity index (χ1) is 18.8. The summed E-state index contributed by atoms with van der Waals surface area (Å²) in [6, 6.07) is 10.9. The summed E-state index contributed by atoms with van der Waals surface area (Å²) in [5.74, 6) is -0.266. The smallest absolute Gasteiger partial charge is 0.226 e. The molecule has 2 unspecified atom stereocenters. The molecule has 39 heavy (non-hydrogen) atoms. The highest BCUT2D eigenvalue weighted by molar-refractivity contribution is 6.43. The third-order valence-electron chi connectivity index (χ3n) is 7.88. The molecular weight excluding hydrogens is 538 g/mol. The molecule has 2 fully saturated rings. The maximum atomic E-state index is 16.5. The van der Waals surface area contributed by atoms with E-state index in [2.05, 4.69) is 16.0 Å². The van der Waals surface area contributed by atoms with Crippen molar-refractivity contribution in [3.8, 4) is 17.2 Å². The van der Waals surface area contributed by atoms with E-state index in [1.54, 1.807) is 25.1 Å². The van der Waals surface area contributed by atoms with Crippen LogP contribution in [0, 0.1) is 23.1 Å². The number of aliphatic hydroxyl groups is 1. The zero-order chi connectivity index (χ0) is 27.4. The molecule has 2 N–H and O–H groups in total. The second kappa shape index (κ2) is 10.1. The molecule has 6 rings (SSSR count). The highest BCUT2D eigenvalue weighted by atomic mass is 35.5. The van der Waals surface area contributed by atoms with E-state index in [1.165, 1.54) is 0 Å². The number of nitrogens with one attached hydrogen (secondary N) is 1. The highest BCUT2D eigenvalue weighted by Gasteiger charge is 2.39. The Labute approximate surface area is 235 Å². The molecule has 3 heterocycles. The quantitative estimate of drug-likeness (QED) is 0.255. The van der Waals surface area contributed by atoms with Gasteiger partial charge in [-0.3, -0.25) is 4.79 Å². The molecule has 0 radical (unpaired) electrons. The number of pyridine rings is 1. The van der Waals surface area contributed by atoms with Gasteiger partial charge >= 0.3 is 0 Å². The van der Waals surface area contributed by atoms with Crippen molar-refractivity contribution < 1.29 is 14.3 Å². The van der Waals surface area contributed by atoms with Crippen LogP contribution < -0.4 is 0 Å². The summed E-state index contributed by atoms with van der Waals surface area (Å²) in [6.45, 7) is 2.32. The number of hydrogen-bond acceptors (Lipinski definition) is 4. The van der Waals surface area contributed by atoms with Crippen molar-refractivity contribution in [2.75, 3.05) is 6.54 Å². The molecule has 1 aliphatic heterocycles. The van der Waals surface area contributed by atoms with E-state index in [4.69, 9.17) is 23.2 Å². The Morgan fingerprint density at radius 1 is 1.28 bits per heavy atom. The summed E-state index contributed by atoms with van der Waals surface area (Å²) in [4.78, 5) is 23.0. The average Bonchev–Trinajstić information content (AvgIpc) is 3.48. The van der Waals surface area contributed by atoms with E-state index >= 15 is 4.39 Å². The topological polar surface area (TPSA) is 93.0 Å². The Morgan fingerprint density at radius 2 is 2.08 bits per heavy atom. The monoisotopic (exact) mass is 564 g/mol. The van der Waals surface area contributed by atoms with Gasteiger partial charge in [-0.15, -0.1) is 0 Å². The fraction of sp³-hybridized carbons (Fsp3) is 0.367. The van der Waals surface area contributed by atoms with Crippen molar-refractivity contribution in [3.63, 3.8) is 0 Å². The molecule has 6 nitrogen and oxygen atoms in total. The molecule has 0 spiro atoms. The van der Waals surface area contributed by atoms with Gasteiger partial charge in [-0.05, 0) is 62.8 Å². The van der Waals surface area contributed by atoms with Crippen LogP contribution in [0.1, 0.15) is 68.1 Å². The van der Waals surface area contributed by atoms with E-state index in [9.17, 15) is 15.2 Å². The Bertz CT molecular complexity index is 1670. The summed E-state index contributed by atoms with van der Waals surface area (Å²) in [7, 11) is 0. The van der Waals surface area contributed by atoms with Crippen molar-refractivity contribution in [1.82, 2.24) is 14.9 Å². The number of hydrogen-bond donors (Lipinski definition) is 2. The average molecular weight is 565 g/mol. The zero-order valence-electron chi connectivity index (χ0n) is 21.4. The number of carbonyl (C=O) groups is 1. The van der Waals surface area contributed by atoms with Gasteiger partial charge in [-0.25, -0.2) is 9.37 Å². The SMILES string of the molecule is CC(O)c1nc2c(F)c(-c3cccc(Cl)c3Cl)c(CCC#N)cc2c2[nH]c(C3CCCN3C(=O)C3CC3)cc12. The van der Waals surface area contributed by atoms with Gasteiger partial charge in [0.1, 0.15) is 5.52 Å². The van der Waals surface area contributed by atoms with Crippen LogP contribution in [0.25, 0.3) is 32.9 Å². The summed E-state index contributed by atoms with van der Waals surface area (Å²) >= 11 is 12.8. The van der Waals surface area contributed by atoms with Crippen LogP contribution in [-0.4, -0.2) is 32.4 Å². The number of halogens is 3. The predicted octanol–water partition coefficient (Wildman–Crippen LogP) is 7.41.